The minimum Gasteiger partial charge on any atom is -0.493 e. The molecule has 1 aromatic carbocycles. The van der Waals surface area contributed by atoms with E-state index < -0.39 is 0 Å². The van der Waals surface area contributed by atoms with Gasteiger partial charge in [-0.3, -0.25) is 4.79 Å². The number of terminal acetylenes is 1. The van der Waals surface area contributed by atoms with Crippen LogP contribution in [0.4, 0.5) is 0 Å². The number of rotatable bonds is 3. The lowest BCUT2D eigenvalue weighted by atomic mass is 10.1. The molecule has 0 aliphatic carbocycles. The molecule has 0 saturated carbocycles. The second-order valence-corrected chi connectivity index (χ2v) is 3.70. The van der Waals surface area contributed by atoms with E-state index in [1.54, 1.807) is 0 Å². The summed E-state index contributed by atoms with van der Waals surface area (Å²) < 4.78 is 5.40. The van der Waals surface area contributed by atoms with Gasteiger partial charge in [0, 0.05) is 6.42 Å². The van der Waals surface area contributed by atoms with E-state index in [4.69, 9.17) is 11.2 Å². The number of fused-ring (bicyclic) bond motifs is 1. The van der Waals surface area contributed by atoms with E-state index in [-0.39, 0.29) is 12.5 Å². The lowest BCUT2D eigenvalue weighted by Crippen LogP contribution is -2.25. The van der Waals surface area contributed by atoms with Crippen molar-refractivity contribution in [2.45, 2.75) is 12.8 Å². The average molecular weight is 215 g/mol. The van der Waals surface area contributed by atoms with Gasteiger partial charge in [-0.15, -0.1) is 6.42 Å². The summed E-state index contributed by atoms with van der Waals surface area (Å²) in [6.07, 6.45) is 6.36. The van der Waals surface area contributed by atoms with Gasteiger partial charge in [-0.25, -0.2) is 0 Å². The highest BCUT2D eigenvalue weighted by Crippen LogP contribution is 2.25. The average Bonchev–Trinajstić information content (AvgIpc) is 2.73. The molecule has 0 spiro atoms. The van der Waals surface area contributed by atoms with Crippen LogP contribution in [0.5, 0.6) is 5.75 Å². The third-order valence-electron chi connectivity index (χ3n) is 2.51. The van der Waals surface area contributed by atoms with Crippen LogP contribution in [0.25, 0.3) is 0 Å². The third-order valence-corrected chi connectivity index (χ3v) is 2.51. The first kappa shape index (κ1) is 10.6. The summed E-state index contributed by atoms with van der Waals surface area (Å²) in [4.78, 5) is 11.4. The third kappa shape index (κ3) is 2.34. The fourth-order valence-corrected chi connectivity index (χ4v) is 1.75. The number of hydrogen-bond acceptors (Lipinski definition) is 2. The smallest absolute Gasteiger partial charge is 0.225 e. The summed E-state index contributed by atoms with van der Waals surface area (Å²) in [5.74, 6) is 3.27. The van der Waals surface area contributed by atoms with Crippen LogP contribution in [-0.4, -0.2) is 19.1 Å². The first-order valence-corrected chi connectivity index (χ1v) is 5.24. The lowest BCUT2D eigenvalue weighted by molar-refractivity contribution is -0.120. The molecular formula is C13H13NO2. The first-order valence-electron chi connectivity index (χ1n) is 5.24. The van der Waals surface area contributed by atoms with Crippen LogP contribution in [0, 0.1) is 12.3 Å². The van der Waals surface area contributed by atoms with E-state index in [0.29, 0.717) is 6.42 Å². The van der Waals surface area contributed by atoms with Gasteiger partial charge in [0.15, 0.2) is 0 Å². The molecule has 1 amide bonds. The molecule has 0 aromatic heterocycles. The molecule has 1 heterocycles. The molecule has 1 aliphatic rings. The van der Waals surface area contributed by atoms with E-state index in [1.165, 1.54) is 5.56 Å². The Morgan fingerprint density at radius 1 is 1.56 bits per heavy atom. The van der Waals surface area contributed by atoms with Gasteiger partial charge in [0.2, 0.25) is 5.91 Å². The summed E-state index contributed by atoms with van der Waals surface area (Å²) in [6.45, 7) is 1.02. The molecule has 0 unspecified atom stereocenters. The zero-order valence-corrected chi connectivity index (χ0v) is 8.95. The molecule has 3 heteroatoms. The molecule has 0 saturated heterocycles. The highest BCUT2D eigenvalue weighted by molar-refractivity contribution is 5.78. The Labute approximate surface area is 94.8 Å². The van der Waals surface area contributed by atoms with Crippen molar-refractivity contribution < 1.29 is 9.53 Å². The summed E-state index contributed by atoms with van der Waals surface area (Å²) in [6, 6.07) is 5.86. The highest BCUT2D eigenvalue weighted by atomic mass is 16.5. The van der Waals surface area contributed by atoms with E-state index >= 15 is 0 Å². The molecule has 2 rings (SSSR count). The van der Waals surface area contributed by atoms with Gasteiger partial charge >= 0.3 is 0 Å². The minimum absolute atomic E-state index is 0.0446. The molecule has 0 radical (unpaired) electrons. The molecule has 82 valence electrons. The highest BCUT2D eigenvalue weighted by Gasteiger charge is 2.12. The summed E-state index contributed by atoms with van der Waals surface area (Å²) in [7, 11) is 0. The van der Waals surface area contributed by atoms with Crippen LogP contribution < -0.4 is 10.1 Å². The van der Waals surface area contributed by atoms with Crippen molar-refractivity contribution in [1.29, 1.82) is 0 Å². The van der Waals surface area contributed by atoms with Gasteiger partial charge in [-0.2, -0.15) is 0 Å². The standard InChI is InChI=1S/C13H13NO2/c1-2-6-14-13(15)9-10-3-4-12-11(8-10)5-7-16-12/h1,3-4,8H,5-7,9H2,(H,14,15). The number of benzene rings is 1. The van der Waals surface area contributed by atoms with Crippen molar-refractivity contribution in [2.75, 3.05) is 13.2 Å². The summed E-state index contributed by atoms with van der Waals surface area (Å²) in [5, 5.41) is 2.64. The Morgan fingerprint density at radius 2 is 2.44 bits per heavy atom. The number of carbonyl (C=O) groups is 1. The van der Waals surface area contributed by atoms with Gasteiger partial charge in [-0.05, 0) is 17.2 Å². The first-order chi connectivity index (χ1) is 7.79. The predicted octanol–water partition coefficient (Wildman–Crippen LogP) is 0.913. The quantitative estimate of drug-likeness (QED) is 0.761. The van der Waals surface area contributed by atoms with Crippen LogP contribution in [0.15, 0.2) is 18.2 Å². The zero-order valence-electron chi connectivity index (χ0n) is 8.95. The number of hydrogen-bond donors (Lipinski definition) is 1. The van der Waals surface area contributed by atoms with Crippen molar-refractivity contribution >= 4 is 5.91 Å². The van der Waals surface area contributed by atoms with E-state index in [2.05, 4.69) is 11.2 Å². The molecule has 0 fully saturated rings. The maximum absolute atomic E-state index is 11.4. The number of carbonyl (C=O) groups excluding carboxylic acids is 1. The topological polar surface area (TPSA) is 38.3 Å². The minimum atomic E-state index is -0.0446. The van der Waals surface area contributed by atoms with Gasteiger partial charge in [0.1, 0.15) is 5.75 Å². The monoisotopic (exact) mass is 215 g/mol. The molecule has 1 aliphatic heterocycles. The van der Waals surface area contributed by atoms with Gasteiger partial charge in [-0.1, -0.05) is 18.1 Å². The Bertz CT molecular complexity index is 446. The number of ether oxygens (including phenoxy) is 1. The SMILES string of the molecule is C#CCNC(=O)Cc1ccc2c(c1)CCO2. The normalized spacial score (nSPS) is 12.4. The largest absolute Gasteiger partial charge is 0.493 e. The maximum Gasteiger partial charge on any atom is 0.225 e. The molecular weight excluding hydrogens is 202 g/mol. The second kappa shape index (κ2) is 4.71. The predicted molar refractivity (Wildman–Crippen MR) is 61.2 cm³/mol. The Hall–Kier alpha value is -1.95. The van der Waals surface area contributed by atoms with Crippen molar-refractivity contribution in [1.82, 2.24) is 5.32 Å². The van der Waals surface area contributed by atoms with Crippen LogP contribution in [0.2, 0.25) is 0 Å². The van der Waals surface area contributed by atoms with Crippen molar-refractivity contribution in [3.63, 3.8) is 0 Å². The molecule has 0 atom stereocenters. The lowest BCUT2D eigenvalue weighted by Gasteiger charge is -2.04. The fraction of sp³-hybridized carbons (Fsp3) is 0.308. The molecule has 16 heavy (non-hydrogen) atoms. The van der Waals surface area contributed by atoms with Crippen LogP contribution in [-0.2, 0) is 17.6 Å². The fourth-order valence-electron chi connectivity index (χ4n) is 1.75. The molecule has 0 bridgehead atoms. The Balaban J connectivity index is 2.00. The van der Waals surface area contributed by atoms with Gasteiger partial charge in [0.25, 0.3) is 0 Å². The Morgan fingerprint density at radius 3 is 3.25 bits per heavy atom. The van der Waals surface area contributed by atoms with Crippen LogP contribution in [0.3, 0.4) is 0 Å². The second-order valence-electron chi connectivity index (χ2n) is 3.70. The van der Waals surface area contributed by atoms with E-state index in [1.807, 2.05) is 18.2 Å². The summed E-state index contributed by atoms with van der Waals surface area (Å²) >= 11 is 0. The zero-order chi connectivity index (χ0) is 11.4. The molecule has 1 aromatic rings. The molecule has 1 N–H and O–H groups in total. The van der Waals surface area contributed by atoms with Crippen molar-refractivity contribution in [3.05, 3.63) is 29.3 Å². The van der Waals surface area contributed by atoms with Crippen molar-refractivity contribution in [2.24, 2.45) is 0 Å². The van der Waals surface area contributed by atoms with Crippen molar-refractivity contribution in [3.8, 4) is 18.1 Å². The van der Waals surface area contributed by atoms with Crippen LogP contribution >= 0.6 is 0 Å². The number of nitrogens with one attached hydrogen (secondary N) is 1. The van der Waals surface area contributed by atoms with Gasteiger partial charge < -0.3 is 10.1 Å². The Kier molecular flexibility index (Phi) is 3.11. The van der Waals surface area contributed by atoms with E-state index in [9.17, 15) is 4.79 Å². The van der Waals surface area contributed by atoms with Gasteiger partial charge in [0.05, 0.1) is 19.6 Å². The van der Waals surface area contributed by atoms with E-state index in [0.717, 1.165) is 24.3 Å². The maximum atomic E-state index is 11.4. The van der Waals surface area contributed by atoms with Crippen LogP contribution in [0.1, 0.15) is 11.1 Å². The summed E-state index contributed by atoms with van der Waals surface area (Å²) in [5.41, 5.74) is 2.18. The molecule has 3 nitrogen and oxygen atoms in total. The number of amides is 1.